The molecular formula is C45H54N8O7. The van der Waals surface area contributed by atoms with Gasteiger partial charge in [-0.25, -0.2) is 19.6 Å². The Morgan fingerprint density at radius 2 is 1.55 bits per heavy atom. The first-order valence-corrected chi connectivity index (χ1v) is 20.9. The third kappa shape index (κ3) is 7.38. The van der Waals surface area contributed by atoms with E-state index in [1.165, 1.54) is 14.2 Å². The van der Waals surface area contributed by atoms with Crippen molar-refractivity contribution in [1.82, 2.24) is 40.4 Å². The fourth-order valence-corrected chi connectivity index (χ4v) is 9.20. The molecule has 3 aliphatic heterocycles. The molecule has 3 aromatic carbocycles. The molecule has 8 rings (SSSR count). The highest BCUT2D eigenvalue weighted by Gasteiger charge is 2.42. The van der Waals surface area contributed by atoms with Crippen molar-refractivity contribution >= 4 is 45.8 Å². The molecule has 4 amide bonds. The third-order valence-corrected chi connectivity index (χ3v) is 12.4. The number of carbonyl (C=O) groups excluding carboxylic acids is 4. The van der Waals surface area contributed by atoms with Crippen LogP contribution < -0.4 is 15.4 Å². The standard InChI is InChI=1S/C45H54N8O7/c1-22(2)37(50-44(56)58-7)42(54)52-20-24(5)15-35(52)41-47-32-13-11-26-17-31-29-12-10-27(16-28(29)21-60-36(31)18-30(26)39(32)49-41)33-19-46-40(48-33)34-14-9-25(6)53(34)43(55)38(23(3)4)51-45(57)59-8/h10-13,16-19,22-25,34-35,37-38H,9,14-15,20-21H2,1-8H3,(H,46,48)(H,47,49)(H,50,56)(H,51,57)/t24-,25-,34-,35-,37-,38?/m0/s1. The number of ether oxygens (including phenoxy) is 3. The second kappa shape index (κ2) is 16.1. The number of carbonyl (C=O) groups is 4. The maximum atomic E-state index is 13.9. The summed E-state index contributed by atoms with van der Waals surface area (Å²) in [5, 5.41) is 7.45. The summed E-state index contributed by atoms with van der Waals surface area (Å²) in [6, 6.07) is 12.6. The zero-order valence-electron chi connectivity index (χ0n) is 35.4. The second-order valence-electron chi connectivity index (χ2n) is 17.2. The molecule has 2 fully saturated rings. The van der Waals surface area contributed by atoms with Crippen LogP contribution in [0.3, 0.4) is 0 Å². The van der Waals surface area contributed by atoms with Crippen molar-refractivity contribution in [3.63, 3.8) is 0 Å². The van der Waals surface area contributed by atoms with Crippen LogP contribution in [0.2, 0.25) is 0 Å². The predicted octanol–water partition coefficient (Wildman–Crippen LogP) is 7.39. The van der Waals surface area contributed by atoms with Gasteiger partial charge in [0.1, 0.15) is 36.1 Å². The quantitative estimate of drug-likeness (QED) is 0.118. The number of nitrogens with zero attached hydrogens (tertiary/aromatic N) is 4. The van der Waals surface area contributed by atoms with Gasteiger partial charge in [0.05, 0.1) is 49.2 Å². The average molecular weight is 819 g/mol. The Hall–Kier alpha value is -6.12. The van der Waals surface area contributed by atoms with E-state index in [0.29, 0.717) is 24.8 Å². The molecule has 1 unspecified atom stereocenters. The molecule has 0 aliphatic carbocycles. The zero-order chi connectivity index (χ0) is 42.6. The lowest BCUT2D eigenvalue weighted by molar-refractivity contribution is -0.137. The lowest BCUT2D eigenvalue weighted by Gasteiger charge is -2.32. The number of hydrogen-bond donors (Lipinski definition) is 4. The maximum absolute atomic E-state index is 13.9. The Morgan fingerprint density at radius 3 is 2.25 bits per heavy atom. The summed E-state index contributed by atoms with van der Waals surface area (Å²) in [6.07, 6.45) is 2.87. The first-order valence-electron chi connectivity index (χ1n) is 20.9. The van der Waals surface area contributed by atoms with Gasteiger partial charge in [0.25, 0.3) is 0 Å². The predicted molar refractivity (Wildman–Crippen MR) is 226 cm³/mol. The summed E-state index contributed by atoms with van der Waals surface area (Å²) in [5.74, 6) is 1.89. The highest BCUT2D eigenvalue weighted by Crippen LogP contribution is 2.44. The van der Waals surface area contributed by atoms with E-state index in [1.54, 1.807) is 0 Å². The molecule has 15 heteroatoms. The second-order valence-corrected chi connectivity index (χ2v) is 17.2. The monoisotopic (exact) mass is 818 g/mol. The first kappa shape index (κ1) is 40.7. The Kier molecular flexibility index (Phi) is 10.9. The van der Waals surface area contributed by atoms with Crippen molar-refractivity contribution < 1.29 is 33.4 Å². The van der Waals surface area contributed by atoms with Gasteiger partial charge in [-0.15, -0.1) is 0 Å². The Balaban J connectivity index is 1.05. The number of rotatable bonds is 9. The summed E-state index contributed by atoms with van der Waals surface area (Å²) in [6.45, 7) is 12.7. The molecule has 2 aromatic heterocycles. The summed E-state index contributed by atoms with van der Waals surface area (Å²) in [7, 11) is 2.59. The number of amides is 4. The molecule has 316 valence electrons. The smallest absolute Gasteiger partial charge is 0.407 e. The van der Waals surface area contributed by atoms with Crippen LogP contribution in [-0.4, -0.2) is 92.6 Å². The molecule has 0 bridgehead atoms. The number of benzene rings is 3. The molecule has 5 aromatic rings. The molecule has 0 saturated carbocycles. The van der Waals surface area contributed by atoms with Crippen LogP contribution in [0, 0.1) is 17.8 Å². The van der Waals surface area contributed by atoms with Crippen molar-refractivity contribution in [2.45, 2.75) is 97.6 Å². The van der Waals surface area contributed by atoms with Gasteiger partial charge in [-0.1, -0.05) is 52.8 Å². The lowest BCUT2D eigenvalue weighted by atomic mass is 9.92. The highest BCUT2D eigenvalue weighted by molar-refractivity contribution is 6.07. The summed E-state index contributed by atoms with van der Waals surface area (Å²) >= 11 is 0. The van der Waals surface area contributed by atoms with Gasteiger partial charge in [0, 0.05) is 23.5 Å². The van der Waals surface area contributed by atoms with Crippen molar-refractivity contribution in [3.05, 3.63) is 65.9 Å². The van der Waals surface area contributed by atoms with Crippen LogP contribution in [0.25, 0.3) is 44.2 Å². The molecule has 3 aliphatic rings. The zero-order valence-corrected chi connectivity index (χ0v) is 35.4. The summed E-state index contributed by atoms with van der Waals surface area (Å²) in [5.41, 5.74) is 6.59. The average Bonchev–Trinajstić information content (AvgIpc) is 4.05. The number of likely N-dealkylation sites (tertiary alicyclic amines) is 2. The molecule has 2 saturated heterocycles. The van der Waals surface area contributed by atoms with E-state index in [-0.39, 0.29) is 47.7 Å². The van der Waals surface area contributed by atoms with E-state index >= 15 is 0 Å². The van der Waals surface area contributed by atoms with Crippen LogP contribution in [0.5, 0.6) is 5.75 Å². The number of aromatic amines is 2. The Labute approximate surface area is 348 Å². The van der Waals surface area contributed by atoms with Gasteiger partial charge in [-0.3, -0.25) is 9.59 Å². The van der Waals surface area contributed by atoms with Crippen LogP contribution >= 0.6 is 0 Å². The third-order valence-electron chi connectivity index (χ3n) is 12.4. The lowest BCUT2D eigenvalue weighted by Crippen LogP contribution is -2.52. The van der Waals surface area contributed by atoms with Gasteiger partial charge in [-0.2, -0.15) is 0 Å². The molecule has 5 heterocycles. The topological polar surface area (TPSA) is 184 Å². The molecule has 6 atom stereocenters. The molecule has 60 heavy (non-hydrogen) atoms. The minimum absolute atomic E-state index is 0.0156. The van der Waals surface area contributed by atoms with E-state index in [0.717, 1.165) is 74.8 Å². The number of imidazole rings is 2. The van der Waals surface area contributed by atoms with Gasteiger partial charge >= 0.3 is 12.2 Å². The van der Waals surface area contributed by atoms with Crippen LogP contribution in [-0.2, 0) is 25.7 Å². The summed E-state index contributed by atoms with van der Waals surface area (Å²) in [4.78, 5) is 72.5. The van der Waals surface area contributed by atoms with Crippen LogP contribution in [0.15, 0.2) is 48.7 Å². The van der Waals surface area contributed by atoms with Gasteiger partial charge in [0.2, 0.25) is 11.8 Å². The van der Waals surface area contributed by atoms with Gasteiger partial charge in [-0.05, 0) is 90.3 Å². The summed E-state index contributed by atoms with van der Waals surface area (Å²) < 4.78 is 16.1. The number of nitrogens with one attached hydrogen (secondary N) is 4. The molecule has 4 N–H and O–H groups in total. The SMILES string of the molecule is COC(=O)NC(C(=O)N1[C@@H](C)CC[C@H]1c1ncc(-c2ccc3c(c2)COc2cc4c(ccc5nc([C@@H]6C[C@H](C)CN6C(=O)[C@@H](NC(=O)OC)C(C)C)[nH]c54)cc2-3)[nH]1)C(C)C. The normalized spacial score (nSPS) is 20.8. The van der Waals surface area contributed by atoms with E-state index in [9.17, 15) is 19.2 Å². The number of H-pyrrole nitrogens is 2. The number of aromatic nitrogens is 4. The minimum Gasteiger partial charge on any atom is -0.488 e. The van der Waals surface area contributed by atoms with Crippen molar-refractivity contribution in [2.24, 2.45) is 17.8 Å². The number of methoxy groups -OCH3 is 2. The number of alkyl carbamates (subject to hydrolysis) is 2. The van der Waals surface area contributed by atoms with Gasteiger partial charge in [0.15, 0.2) is 0 Å². The van der Waals surface area contributed by atoms with Crippen molar-refractivity contribution in [1.29, 1.82) is 0 Å². The van der Waals surface area contributed by atoms with E-state index in [1.807, 2.05) is 56.7 Å². The molecule has 0 radical (unpaired) electrons. The molecule has 0 spiro atoms. The molecular weight excluding hydrogens is 765 g/mol. The van der Waals surface area contributed by atoms with Gasteiger partial charge < -0.3 is 44.6 Å². The fourth-order valence-electron chi connectivity index (χ4n) is 9.20. The minimum atomic E-state index is -0.721. The van der Waals surface area contributed by atoms with Crippen molar-refractivity contribution in [3.8, 4) is 28.1 Å². The van der Waals surface area contributed by atoms with Crippen molar-refractivity contribution in [2.75, 3.05) is 20.8 Å². The number of fused-ring (bicyclic) bond motifs is 6. The van der Waals surface area contributed by atoms with E-state index in [2.05, 4.69) is 63.9 Å². The van der Waals surface area contributed by atoms with Crippen LogP contribution in [0.1, 0.15) is 90.1 Å². The highest BCUT2D eigenvalue weighted by atomic mass is 16.5. The van der Waals surface area contributed by atoms with E-state index < -0.39 is 24.3 Å². The van der Waals surface area contributed by atoms with Crippen LogP contribution in [0.4, 0.5) is 9.59 Å². The Morgan fingerprint density at radius 1 is 0.833 bits per heavy atom. The largest absolute Gasteiger partial charge is 0.488 e. The van der Waals surface area contributed by atoms with E-state index in [4.69, 9.17) is 24.2 Å². The fraction of sp³-hybridized carbons (Fsp3) is 0.467. The number of hydrogen-bond acceptors (Lipinski definition) is 9. The first-order chi connectivity index (χ1) is 28.8. The Bertz CT molecular complexity index is 2470. The molecule has 15 nitrogen and oxygen atoms in total. The maximum Gasteiger partial charge on any atom is 0.407 e.